The molecule has 0 saturated heterocycles. The van der Waals surface area contributed by atoms with Gasteiger partial charge in [0.05, 0.1) is 33.0 Å². The highest BCUT2D eigenvalue weighted by Crippen LogP contribution is 1.87. The molecule has 0 aliphatic carbocycles. The van der Waals surface area contributed by atoms with E-state index in [4.69, 9.17) is 25.2 Å². The van der Waals surface area contributed by atoms with Gasteiger partial charge in [-0.25, -0.2) is 4.79 Å². The lowest BCUT2D eigenvalue weighted by Gasteiger charge is -2.10. The van der Waals surface area contributed by atoms with Gasteiger partial charge in [-0.05, 0) is 6.92 Å². The Morgan fingerprint density at radius 2 is 1.59 bits per heavy atom. The van der Waals surface area contributed by atoms with Crippen molar-refractivity contribution < 1.29 is 34.7 Å². The fourth-order valence-electron chi connectivity index (χ4n) is 0.588. The number of nitrogens with two attached hydrogens (primary N) is 1. The summed E-state index contributed by atoms with van der Waals surface area (Å²) in [6.07, 6.45) is -2.54. The maximum absolute atomic E-state index is 9.60. The van der Waals surface area contributed by atoms with E-state index >= 15 is 0 Å². The molecule has 17 heavy (non-hydrogen) atoms. The number of ether oxygens (including phenoxy) is 2. The van der Waals surface area contributed by atoms with Crippen LogP contribution in [-0.4, -0.2) is 71.8 Å². The van der Waals surface area contributed by atoms with Crippen molar-refractivity contribution in [1.82, 2.24) is 0 Å². The molecule has 0 aliphatic rings. The van der Waals surface area contributed by atoms with E-state index in [1.165, 1.54) is 0 Å². The van der Waals surface area contributed by atoms with Crippen LogP contribution in [0.5, 0.6) is 0 Å². The number of rotatable bonds is 7. The van der Waals surface area contributed by atoms with Crippen LogP contribution in [0.15, 0.2) is 0 Å². The minimum absolute atomic E-state index is 0.0342. The number of aliphatic hydroxyl groups is 4. The molecule has 0 rings (SSSR count). The lowest BCUT2D eigenvalue weighted by atomic mass is 10.4. The Morgan fingerprint density at radius 1 is 1.18 bits per heavy atom. The van der Waals surface area contributed by atoms with Crippen molar-refractivity contribution in [2.45, 2.75) is 19.1 Å². The minimum atomic E-state index is -0.916. The second-order valence-electron chi connectivity index (χ2n) is 2.96. The average molecular weight is 255 g/mol. The average Bonchev–Trinajstić information content (AvgIpc) is 2.29. The highest BCUT2D eigenvalue weighted by atomic mass is 16.5. The van der Waals surface area contributed by atoms with Crippen LogP contribution in [0.1, 0.15) is 6.92 Å². The van der Waals surface area contributed by atoms with E-state index in [1.54, 1.807) is 6.92 Å². The summed E-state index contributed by atoms with van der Waals surface area (Å²) in [6, 6.07) is 0. The first-order valence-corrected chi connectivity index (χ1v) is 5.05. The van der Waals surface area contributed by atoms with Crippen LogP contribution >= 0.6 is 0 Å². The van der Waals surface area contributed by atoms with Crippen molar-refractivity contribution in [1.29, 1.82) is 0 Å². The molecule has 8 nitrogen and oxygen atoms in total. The first-order valence-electron chi connectivity index (χ1n) is 5.05. The quantitative estimate of drug-likeness (QED) is 0.348. The molecule has 0 radical (unpaired) electrons. The summed E-state index contributed by atoms with van der Waals surface area (Å²) < 4.78 is 8.90. The molecule has 1 amide bonds. The van der Waals surface area contributed by atoms with Crippen LogP contribution in [0.4, 0.5) is 4.79 Å². The summed E-state index contributed by atoms with van der Waals surface area (Å²) in [4.78, 5) is 9.60. The van der Waals surface area contributed by atoms with Gasteiger partial charge >= 0.3 is 6.09 Å². The van der Waals surface area contributed by atoms with Crippen LogP contribution in [-0.2, 0) is 9.47 Å². The summed E-state index contributed by atoms with van der Waals surface area (Å²) >= 11 is 0. The van der Waals surface area contributed by atoms with Gasteiger partial charge in [0.25, 0.3) is 0 Å². The minimum Gasteiger partial charge on any atom is -0.450 e. The molecule has 0 heterocycles. The van der Waals surface area contributed by atoms with Crippen molar-refractivity contribution >= 4 is 6.09 Å². The smallest absolute Gasteiger partial charge is 0.404 e. The Morgan fingerprint density at radius 3 is 1.76 bits per heavy atom. The van der Waals surface area contributed by atoms with E-state index in [9.17, 15) is 4.79 Å². The highest BCUT2D eigenvalue weighted by Gasteiger charge is 2.04. The van der Waals surface area contributed by atoms with Gasteiger partial charge in [0.15, 0.2) is 0 Å². The number of aliphatic hydroxyl groups excluding tert-OH is 4. The highest BCUT2D eigenvalue weighted by molar-refractivity contribution is 5.64. The molecule has 8 heteroatoms. The van der Waals surface area contributed by atoms with Crippen molar-refractivity contribution in [2.75, 3.05) is 33.0 Å². The van der Waals surface area contributed by atoms with Gasteiger partial charge in [0.2, 0.25) is 0 Å². The molecule has 0 bridgehead atoms. The molecule has 0 aliphatic heterocycles. The molecule has 2 atom stereocenters. The molecule has 6 N–H and O–H groups in total. The van der Waals surface area contributed by atoms with E-state index in [1.807, 2.05) is 0 Å². The molecule has 2 unspecified atom stereocenters. The van der Waals surface area contributed by atoms with Crippen LogP contribution < -0.4 is 5.73 Å². The zero-order valence-electron chi connectivity index (χ0n) is 9.78. The molecule has 0 fully saturated rings. The summed E-state index contributed by atoms with van der Waals surface area (Å²) in [5.41, 5.74) is 4.54. The van der Waals surface area contributed by atoms with E-state index in [0.717, 1.165) is 0 Å². The van der Waals surface area contributed by atoms with Gasteiger partial charge in [-0.1, -0.05) is 0 Å². The van der Waals surface area contributed by atoms with Crippen molar-refractivity contribution in [3.05, 3.63) is 0 Å². The largest absolute Gasteiger partial charge is 0.450 e. The molecule has 0 aromatic carbocycles. The summed E-state index contributed by atoms with van der Waals surface area (Å²) in [5, 5.41) is 34.1. The summed E-state index contributed by atoms with van der Waals surface area (Å²) in [6.45, 7) is 1.26. The number of carbonyl (C=O) groups excluding carboxylic acids is 1. The number of primary amides is 1. The first kappa shape index (κ1) is 18.4. The molecule has 104 valence electrons. The van der Waals surface area contributed by atoms with Crippen molar-refractivity contribution in [3.63, 3.8) is 0 Å². The normalized spacial score (nSPS) is 13.2. The Bertz CT molecular complexity index is 169. The van der Waals surface area contributed by atoms with Gasteiger partial charge in [-0.3, -0.25) is 0 Å². The lowest BCUT2D eigenvalue weighted by molar-refractivity contribution is -0.0364. The number of carbonyl (C=O) groups is 1. The molecule has 0 saturated carbocycles. The van der Waals surface area contributed by atoms with Gasteiger partial charge in [0, 0.05) is 0 Å². The Hall–Kier alpha value is -0.930. The Kier molecular flexibility index (Phi) is 14.2. The fraction of sp³-hybridized carbons (Fsp3) is 0.889. The van der Waals surface area contributed by atoms with Gasteiger partial charge in [-0.2, -0.15) is 0 Å². The van der Waals surface area contributed by atoms with E-state index in [0.29, 0.717) is 6.61 Å². The summed E-state index contributed by atoms with van der Waals surface area (Å²) in [7, 11) is 0. The first-order chi connectivity index (χ1) is 7.97. The molecular formula is C9H21NO7. The lowest BCUT2D eigenvalue weighted by Crippen LogP contribution is -2.25. The third kappa shape index (κ3) is 17.7. The number of hydrogen-bond acceptors (Lipinski definition) is 7. The summed E-state index contributed by atoms with van der Waals surface area (Å²) in [5.74, 6) is 0. The SMILES string of the molecule is CCOC(N)=O.OCC(O)COCC(O)CO. The zero-order chi connectivity index (χ0) is 13.7. The monoisotopic (exact) mass is 255 g/mol. The second kappa shape index (κ2) is 13.1. The number of amides is 1. The van der Waals surface area contributed by atoms with Gasteiger partial charge < -0.3 is 35.6 Å². The van der Waals surface area contributed by atoms with Gasteiger partial charge in [-0.15, -0.1) is 0 Å². The van der Waals surface area contributed by atoms with Crippen LogP contribution in [0, 0.1) is 0 Å². The third-order valence-electron chi connectivity index (χ3n) is 1.33. The fourth-order valence-corrected chi connectivity index (χ4v) is 0.588. The van der Waals surface area contributed by atoms with E-state index in [-0.39, 0.29) is 26.4 Å². The molecule has 0 aromatic rings. The van der Waals surface area contributed by atoms with Crippen molar-refractivity contribution in [3.8, 4) is 0 Å². The molecule has 0 aromatic heterocycles. The van der Waals surface area contributed by atoms with Gasteiger partial charge in [0.1, 0.15) is 12.2 Å². The third-order valence-corrected chi connectivity index (χ3v) is 1.33. The topological polar surface area (TPSA) is 142 Å². The number of hydrogen-bond donors (Lipinski definition) is 5. The van der Waals surface area contributed by atoms with E-state index in [2.05, 4.69) is 10.5 Å². The zero-order valence-corrected chi connectivity index (χ0v) is 9.78. The standard InChI is InChI=1S/C6H14O5.C3H7NO2/c7-1-5(9)3-11-4-6(10)2-8;1-2-6-3(4)5/h5-10H,1-4H2;2H2,1H3,(H2,4,5). The maximum atomic E-state index is 9.60. The predicted molar refractivity (Wildman–Crippen MR) is 58.2 cm³/mol. The maximum Gasteiger partial charge on any atom is 0.404 e. The van der Waals surface area contributed by atoms with Crippen LogP contribution in [0.25, 0.3) is 0 Å². The van der Waals surface area contributed by atoms with Crippen LogP contribution in [0.2, 0.25) is 0 Å². The molecular weight excluding hydrogens is 234 g/mol. The second-order valence-corrected chi connectivity index (χ2v) is 2.96. The van der Waals surface area contributed by atoms with Crippen molar-refractivity contribution in [2.24, 2.45) is 5.73 Å². The molecule has 0 spiro atoms. The van der Waals surface area contributed by atoms with Crippen LogP contribution in [0.3, 0.4) is 0 Å². The Labute approximate surface area is 99.6 Å². The Balaban J connectivity index is 0. The predicted octanol–water partition coefficient (Wildman–Crippen LogP) is -2.19. The van der Waals surface area contributed by atoms with E-state index < -0.39 is 18.3 Å².